The van der Waals surface area contributed by atoms with Crippen molar-refractivity contribution in [3.05, 3.63) is 139 Å². The SMILES string of the molecule is N#Cc1cccc(C#N)c1-c1ccc2c(c1)c1cc3oc4ccccc4c3cc1n2-c1cccc(-c2ccccc2)c1. The third-order valence-electron chi connectivity index (χ3n) is 8.07. The van der Waals surface area contributed by atoms with Crippen molar-refractivity contribution in [1.29, 1.82) is 10.5 Å². The first-order valence-corrected chi connectivity index (χ1v) is 13.7. The number of para-hydroxylation sites is 1. The number of fused-ring (bicyclic) bond motifs is 6. The number of nitriles is 2. The summed E-state index contributed by atoms with van der Waals surface area (Å²) in [6, 6.07) is 47.4. The molecule has 42 heavy (non-hydrogen) atoms. The maximum atomic E-state index is 9.87. The minimum atomic E-state index is 0.479. The van der Waals surface area contributed by atoms with E-state index >= 15 is 0 Å². The second-order valence-electron chi connectivity index (χ2n) is 10.4. The third-order valence-corrected chi connectivity index (χ3v) is 8.07. The lowest BCUT2D eigenvalue weighted by molar-refractivity contribution is 0.669. The van der Waals surface area contributed by atoms with E-state index in [1.165, 1.54) is 0 Å². The van der Waals surface area contributed by atoms with Gasteiger partial charge in [-0.25, -0.2) is 0 Å². The van der Waals surface area contributed by atoms with Crippen LogP contribution in [0.3, 0.4) is 0 Å². The molecule has 6 aromatic carbocycles. The van der Waals surface area contributed by atoms with Crippen LogP contribution < -0.4 is 0 Å². The highest BCUT2D eigenvalue weighted by Gasteiger charge is 2.19. The predicted octanol–water partition coefficient (Wildman–Crippen LogP) is 9.76. The smallest absolute Gasteiger partial charge is 0.136 e. The molecule has 4 heteroatoms. The summed E-state index contributed by atoms with van der Waals surface area (Å²) in [5, 5.41) is 23.9. The molecule has 4 nitrogen and oxygen atoms in total. The van der Waals surface area contributed by atoms with Crippen molar-refractivity contribution < 1.29 is 4.42 Å². The summed E-state index contributed by atoms with van der Waals surface area (Å²) in [4.78, 5) is 0. The zero-order chi connectivity index (χ0) is 28.2. The Hall–Kier alpha value is -6.10. The number of benzene rings is 6. The first-order chi connectivity index (χ1) is 20.7. The molecule has 0 spiro atoms. The van der Waals surface area contributed by atoms with Gasteiger partial charge in [0.1, 0.15) is 11.2 Å². The van der Waals surface area contributed by atoms with E-state index in [-0.39, 0.29) is 0 Å². The molecular formula is C38H21N3O. The molecule has 0 aliphatic carbocycles. The van der Waals surface area contributed by atoms with Gasteiger partial charge in [0.15, 0.2) is 0 Å². The van der Waals surface area contributed by atoms with Gasteiger partial charge in [-0.3, -0.25) is 0 Å². The Kier molecular flexibility index (Phi) is 5.22. The van der Waals surface area contributed by atoms with Crippen molar-refractivity contribution in [2.75, 3.05) is 0 Å². The van der Waals surface area contributed by atoms with Crippen LogP contribution in [-0.4, -0.2) is 4.57 Å². The van der Waals surface area contributed by atoms with Crippen molar-refractivity contribution in [2.24, 2.45) is 0 Å². The largest absolute Gasteiger partial charge is 0.456 e. The van der Waals surface area contributed by atoms with Gasteiger partial charge in [-0.05, 0) is 71.3 Å². The lowest BCUT2D eigenvalue weighted by atomic mass is 9.94. The molecule has 0 fully saturated rings. The van der Waals surface area contributed by atoms with Crippen molar-refractivity contribution in [1.82, 2.24) is 4.57 Å². The number of aromatic nitrogens is 1. The zero-order valence-electron chi connectivity index (χ0n) is 22.4. The first-order valence-electron chi connectivity index (χ1n) is 13.7. The average molecular weight is 536 g/mol. The lowest BCUT2D eigenvalue weighted by Gasteiger charge is -2.11. The number of rotatable bonds is 3. The van der Waals surface area contributed by atoms with E-state index in [9.17, 15) is 10.5 Å². The van der Waals surface area contributed by atoms with E-state index in [0.717, 1.165) is 66.1 Å². The summed E-state index contributed by atoms with van der Waals surface area (Å²) in [5.74, 6) is 0. The van der Waals surface area contributed by atoms with Gasteiger partial charge >= 0.3 is 0 Å². The van der Waals surface area contributed by atoms with Gasteiger partial charge in [0.2, 0.25) is 0 Å². The third kappa shape index (κ3) is 3.53. The molecule has 194 valence electrons. The summed E-state index contributed by atoms with van der Waals surface area (Å²) in [5.41, 5.74) is 9.54. The fraction of sp³-hybridized carbons (Fsp3) is 0. The Morgan fingerprint density at radius 3 is 2.00 bits per heavy atom. The number of furan rings is 1. The first kappa shape index (κ1) is 23.8. The highest BCUT2D eigenvalue weighted by molar-refractivity contribution is 6.17. The molecule has 8 rings (SSSR count). The standard InChI is InChI=1S/C38H21N3O/c39-22-27-11-6-12-28(23-40)38(27)26-16-17-34-31(19-26)32-21-37-33(30-14-4-5-15-36(30)42-37)20-35(32)41(34)29-13-7-10-25(18-29)24-8-2-1-3-9-24/h1-21H. The maximum absolute atomic E-state index is 9.87. The maximum Gasteiger partial charge on any atom is 0.136 e. The predicted molar refractivity (Wildman–Crippen MR) is 168 cm³/mol. The van der Waals surface area contributed by atoms with Gasteiger partial charge in [0.05, 0.1) is 34.3 Å². The summed E-state index contributed by atoms with van der Waals surface area (Å²) in [7, 11) is 0. The molecule has 0 unspecified atom stereocenters. The van der Waals surface area contributed by atoms with Crippen molar-refractivity contribution in [3.8, 4) is 40.1 Å². The topological polar surface area (TPSA) is 65.7 Å². The van der Waals surface area contributed by atoms with E-state index < -0.39 is 0 Å². The number of hydrogen-bond acceptors (Lipinski definition) is 3. The average Bonchev–Trinajstić information content (AvgIpc) is 3.58. The fourth-order valence-electron chi connectivity index (χ4n) is 6.18. The van der Waals surface area contributed by atoms with Crippen LogP contribution in [0.5, 0.6) is 0 Å². The molecule has 0 atom stereocenters. The second kappa shape index (κ2) is 9.24. The van der Waals surface area contributed by atoms with Gasteiger partial charge in [-0.15, -0.1) is 0 Å². The molecular weight excluding hydrogens is 514 g/mol. The summed E-state index contributed by atoms with van der Waals surface area (Å²) in [6.07, 6.45) is 0. The molecule has 0 saturated carbocycles. The molecule has 8 aromatic rings. The van der Waals surface area contributed by atoms with E-state index in [0.29, 0.717) is 16.7 Å². The minimum Gasteiger partial charge on any atom is -0.456 e. The van der Waals surface area contributed by atoms with Crippen molar-refractivity contribution in [2.45, 2.75) is 0 Å². The fourth-order valence-corrected chi connectivity index (χ4v) is 6.18. The summed E-state index contributed by atoms with van der Waals surface area (Å²) >= 11 is 0. The van der Waals surface area contributed by atoms with E-state index in [2.05, 4.69) is 95.6 Å². The molecule has 2 aromatic heterocycles. The van der Waals surface area contributed by atoms with E-state index in [1.54, 1.807) is 18.2 Å². The summed E-state index contributed by atoms with van der Waals surface area (Å²) < 4.78 is 8.59. The van der Waals surface area contributed by atoms with Gasteiger partial charge in [0.25, 0.3) is 0 Å². The highest BCUT2D eigenvalue weighted by Crippen LogP contribution is 2.40. The summed E-state index contributed by atoms with van der Waals surface area (Å²) in [6.45, 7) is 0. The van der Waals surface area contributed by atoms with Crippen LogP contribution in [0.15, 0.2) is 132 Å². The lowest BCUT2D eigenvalue weighted by Crippen LogP contribution is -1.95. The van der Waals surface area contributed by atoms with Crippen molar-refractivity contribution in [3.63, 3.8) is 0 Å². The Labute approximate surface area is 241 Å². The molecule has 0 N–H and O–H groups in total. The van der Waals surface area contributed by atoms with Gasteiger partial charge in [-0.2, -0.15) is 10.5 Å². The molecule has 0 aliphatic heterocycles. The van der Waals surface area contributed by atoms with Crippen LogP contribution in [0, 0.1) is 22.7 Å². The molecule has 0 saturated heterocycles. The number of hydrogen-bond donors (Lipinski definition) is 0. The Morgan fingerprint density at radius 2 is 1.19 bits per heavy atom. The molecule has 0 bridgehead atoms. The van der Waals surface area contributed by atoms with Crippen LogP contribution in [0.25, 0.3) is 71.7 Å². The van der Waals surface area contributed by atoms with Crippen LogP contribution in [0.4, 0.5) is 0 Å². The second-order valence-corrected chi connectivity index (χ2v) is 10.4. The molecule has 0 amide bonds. The van der Waals surface area contributed by atoms with Crippen LogP contribution in [0.1, 0.15) is 11.1 Å². The van der Waals surface area contributed by atoms with Crippen LogP contribution >= 0.6 is 0 Å². The van der Waals surface area contributed by atoms with Gasteiger partial charge in [0, 0.05) is 32.8 Å². The number of nitrogens with zero attached hydrogens (tertiary/aromatic N) is 3. The van der Waals surface area contributed by atoms with E-state index in [4.69, 9.17) is 4.42 Å². The van der Waals surface area contributed by atoms with Gasteiger partial charge in [-0.1, -0.05) is 72.8 Å². The normalized spacial score (nSPS) is 11.3. The minimum absolute atomic E-state index is 0.479. The quantitative estimate of drug-likeness (QED) is 0.226. The van der Waals surface area contributed by atoms with Crippen LogP contribution in [0.2, 0.25) is 0 Å². The molecule has 0 aliphatic rings. The molecule has 0 radical (unpaired) electrons. The van der Waals surface area contributed by atoms with Crippen molar-refractivity contribution >= 4 is 43.7 Å². The van der Waals surface area contributed by atoms with E-state index in [1.807, 2.05) is 30.3 Å². The zero-order valence-corrected chi connectivity index (χ0v) is 22.4. The molecule has 2 heterocycles. The Bertz CT molecular complexity index is 2400. The highest BCUT2D eigenvalue weighted by atomic mass is 16.3. The Balaban J connectivity index is 1.47. The Morgan fingerprint density at radius 1 is 0.476 bits per heavy atom. The van der Waals surface area contributed by atoms with Gasteiger partial charge < -0.3 is 8.98 Å². The monoisotopic (exact) mass is 535 g/mol. The van der Waals surface area contributed by atoms with Crippen LogP contribution in [-0.2, 0) is 0 Å².